The van der Waals surface area contributed by atoms with Crippen LogP contribution in [0.2, 0.25) is 5.02 Å². The average Bonchev–Trinajstić information content (AvgIpc) is 2.40. The van der Waals surface area contributed by atoms with E-state index in [1.54, 1.807) is 0 Å². The fourth-order valence-electron chi connectivity index (χ4n) is 1.66. The van der Waals surface area contributed by atoms with Gasteiger partial charge in [0.05, 0.1) is 5.02 Å². The van der Waals surface area contributed by atoms with Gasteiger partial charge in [0.2, 0.25) is 0 Å². The van der Waals surface area contributed by atoms with Crippen LogP contribution in [0.5, 0.6) is 5.75 Å². The summed E-state index contributed by atoms with van der Waals surface area (Å²) < 4.78 is 26.4. The van der Waals surface area contributed by atoms with Gasteiger partial charge in [0.25, 0.3) is 5.91 Å². The number of hydrogen-bond donors (Lipinski definition) is 2. The minimum atomic E-state index is -0.820. The normalized spacial score (nSPS) is 10.3. The number of amides is 1. The molecule has 0 aromatic heterocycles. The fraction of sp³-hybridized carbons (Fsp3) is 0.0714. The van der Waals surface area contributed by atoms with E-state index in [2.05, 4.69) is 5.32 Å². The summed E-state index contributed by atoms with van der Waals surface area (Å²) >= 11 is 5.61. The standard InChI is InChI=1S/C14H10ClF2NO2/c15-9-6-8(4-5-10(9)16)7-18-14(20)13-11(17)2-1-3-12(13)19/h1-6,19H,7H2,(H,18,20). The van der Waals surface area contributed by atoms with Crippen molar-refractivity contribution >= 4 is 17.5 Å². The van der Waals surface area contributed by atoms with Crippen LogP contribution in [0.3, 0.4) is 0 Å². The third-order valence-electron chi connectivity index (χ3n) is 2.66. The molecule has 0 unspecified atom stereocenters. The molecule has 0 fully saturated rings. The van der Waals surface area contributed by atoms with Crippen LogP contribution in [0.15, 0.2) is 36.4 Å². The van der Waals surface area contributed by atoms with Gasteiger partial charge in [0.1, 0.15) is 22.9 Å². The first-order chi connectivity index (χ1) is 9.49. The van der Waals surface area contributed by atoms with Crippen LogP contribution >= 0.6 is 11.6 Å². The van der Waals surface area contributed by atoms with Gasteiger partial charge >= 0.3 is 0 Å². The monoisotopic (exact) mass is 297 g/mol. The van der Waals surface area contributed by atoms with Crippen molar-refractivity contribution in [2.75, 3.05) is 0 Å². The second kappa shape index (κ2) is 5.88. The van der Waals surface area contributed by atoms with E-state index >= 15 is 0 Å². The fourth-order valence-corrected chi connectivity index (χ4v) is 1.86. The highest BCUT2D eigenvalue weighted by atomic mass is 35.5. The number of hydrogen-bond acceptors (Lipinski definition) is 2. The second-order valence-corrected chi connectivity index (χ2v) is 4.47. The van der Waals surface area contributed by atoms with Crippen molar-refractivity contribution in [3.63, 3.8) is 0 Å². The van der Waals surface area contributed by atoms with Crippen molar-refractivity contribution in [1.82, 2.24) is 5.32 Å². The molecule has 104 valence electrons. The van der Waals surface area contributed by atoms with Crippen LogP contribution in [0.1, 0.15) is 15.9 Å². The Balaban J connectivity index is 2.11. The molecule has 2 aromatic carbocycles. The molecular formula is C14H10ClF2NO2. The lowest BCUT2D eigenvalue weighted by Gasteiger charge is -2.08. The quantitative estimate of drug-likeness (QED) is 0.913. The van der Waals surface area contributed by atoms with Gasteiger partial charge in [-0.2, -0.15) is 0 Å². The Bertz CT molecular complexity index is 641. The van der Waals surface area contributed by atoms with Crippen LogP contribution < -0.4 is 5.32 Å². The summed E-state index contributed by atoms with van der Waals surface area (Å²) in [5.41, 5.74) is 0.126. The minimum absolute atomic E-state index is 0.0343. The maximum Gasteiger partial charge on any atom is 0.258 e. The highest BCUT2D eigenvalue weighted by Crippen LogP contribution is 2.20. The molecule has 6 heteroatoms. The zero-order chi connectivity index (χ0) is 14.7. The second-order valence-electron chi connectivity index (χ2n) is 4.07. The van der Waals surface area contributed by atoms with Crippen LogP contribution in [0.25, 0.3) is 0 Å². The first-order valence-electron chi connectivity index (χ1n) is 5.68. The largest absolute Gasteiger partial charge is 0.507 e. The molecule has 0 heterocycles. The summed E-state index contributed by atoms with van der Waals surface area (Å²) in [5, 5.41) is 11.8. The summed E-state index contributed by atoms with van der Waals surface area (Å²) in [6, 6.07) is 7.56. The smallest absolute Gasteiger partial charge is 0.258 e. The van der Waals surface area contributed by atoms with Gasteiger partial charge in [0, 0.05) is 6.54 Å². The summed E-state index contributed by atoms with van der Waals surface area (Å²) in [6.07, 6.45) is 0. The van der Waals surface area contributed by atoms with Crippen molar-refractivity contribution in [2.45, 2.75) is 6.54 Å². The number of carbonyl (C=O) groups excluding carboxylic acids is 1. The average molecular weight is 298 g/mol. The SMILES string of the molecule is O=C(NCc1ccc(F)c(Cl)c1)c1c(O)cccc1F. The summed E-state index contributed by atoms with van der Waals surface area (Å²) in [7, 11) is 0. The molecule has 2 aromatic rings. The van der Waals surface area contributed by atoms with Crippen LogP contribution in [0.4, 0.5) is 8.78 Å². The van der Waals surface area contributed by atoms with Gasteiger partial charge in [-0.1, -0.05) is 23.7 Å². The summed E-state index contributed by atoms with van der Waals surface area (Å²) in [6.45, 7) is 0.0343. The number of aromatic hydroxyl groups is 1. The lowest BCUT2D eigenvalue weighted by molar-refractivity contribution is 0.0944. The molecule has 0 atom stereocenters. The molecule has 20 heavy (non-hydrogen) atoms. The molecule has 0 aliphatic carbocycles. The number of benzene rings is 2. The predicted octanol–water partition coefficient (Wildman–Crippen LogP) is 3.25. The maximum absolute atomic E-state index is 13.5. The van der Waals surface area contributed by atoms with E-state index in [1.165, 1.54) is 30.3 Å². The van der Waals surface area contributed by atoms with E-state index in [9.17, 15) is 18.7 Å². The first kappa shape index (κ1) is 14.3. The lowest BCUT2D eigenvalue weighted by Crippen LogP contribution is -2.24. The Labute approximate surface area is 118 Å². The highest BCUT2D eigenvalue weighted by molar-refractivity contribution is 6.30. The molecule has 3 nitrogen and oxygen atoms in total. The molecule has 0 aliphatic heterocycles. The van der Waals surface area contributed by atoms with E-state index in [0.29, 0.717) is 5.56 Å². The number of carbonyl (C=O) groups is 1. The van der Waals surface area contributed by atoms with Crippen molar-refractivity contribution in [3.8, 4) is 5.75 Å². The van der Waals surface area contributed by atoms with Gasteiger partial charge in [-0.05, 0) is 29.8 Å². The molecule has 0 saturated carbocycles. The zero-order valence-corrected chi connectivity index (χ0v) is 10.9. The van der Waals surface area contributed by atoms with Crippen molar-refractivity contribution in [1.29, 1.82) is 0 Å². The van der Waals surface area contributed by atoms with Gasteiger partial charge in [0.15, 0.2) is 0 Å². The van der Waals surface area contributed by atoms with Gasteiger partial charge in [-0.25, -0.2) is 8.78 Å². The zero-order valence-electron chi connectivity index (χ0n) is 10.2. The third kappa shape index (κ3) is 3.05. The maximum atomic E-state index is 13.5. The highest BCUT2D eigenvalue weighted by Gasteiger charge is 2.16. The molecule has 1 amide bonds. The van der Waals surface area contributed by atoms with E-state index in [-0.39, 0.29) is 11.6 Å². The van der Waals surface area contributed by atoms with Crippen molar-refractivity contribution < 1.29 is 18.7 Å². The Hall–Kier alpha value is -2.14. The molecule has 0 aliphatic rings. The Morgan fingerprint density at radius 2 is 1.95 bits per heavy atom. The molecular weight excluding hydrogens is 288 g/mol. The number of halogens is 3. The molecule has 2 rings (SSSR count). The molecule has 0 spiro atoms. The minimum Gasteiger partial charge on any atom is -0.507 e. The van der Waals surface area contributed by atoms with Gasteiger partial charge in [-0.3, -0.25) is 4.79 Å². The van der Waals surface area contributed by atoms with E-state index < -0.39 is 28.9 Å². The van der Waals surface area contributed by atoms with E-state index in [4.69, 9.17) is 11.6 Å². The number of phenols is 1. The van der Waals surface area contributed by atoms with Gasteiger partial charge < -0.3 is 10.4 Å². The Morgan fingerprint density at radius 3 is 2.60 bits per heavy atom. The van der Waals surface area contributed by atoms with Crippen LogP contribution in [0, 0.1) is 11.6 Å². The molecule has 0 bridgehead atoms. The third-order valence-corrected chi connectivity index (χ3v) is 2.95. The lowest BCUT2D eigenvalue weighted by atomic mass is 10.1. The van der Waals surface area contributed by atoms with E-state index in [0.717, 1.165) is 6.07 Å². The Kier molecular flexibility index (Phi) is 4.20. The molecule has 2 N–H and O–H groups in total. The van der Waals surface area contributed by atoms with Crippen molar-refractivity contribution in [2.24, 2.45) is 0 Å². The number of nitrogens with one attached hydrogen (secondary N) is 1. The predicted molar refractivity (Wildman–Crippen MR) is 70.6 cm³/mol. The van der Waals surface area contributed by atoms with Gasteiger partial charge in [-0.15, -0.1) is 0 Å². The summed E-state index contributed by atoms with van der Waals surface area (Å²) in [5.74, 6) is -2.59. The topological polar surface area (TPSA) is 49.3 Å². The van der Waals surface area contributed by atoms with Crippen LogP contribution in [-0.4, -0.2) is 11.0 Å². The van der Waals surface area contributed by atoms with E-state index in [1.807, 2.05) is 0 Å². The number of phenolic OH excluding ortho intramolecular Hbond substituents is 1. The molecule has 0 radical (unpaired) electrons. The number of rotatable bonds is 3. The Morgan fingerprint density at radius 1 is 1.20 bits per heavy atom. The molecule has 0 saturated heterocycles. The van der Waals surface area contributed by atoms with Crippen molar-refractivity contribution in [3.05, 3.63) is 64.2 Å². The first-order valence-corrected chi connectivity index (χ1v) is 6.06. The van der Waals surface area contributed by atoms with Crippen LogP contribution in [-0.2, 0) is 6.54 Å². The summed E-state index contributed by atoms with van der Waals surface area (Å²) in [4.78, 5) is 11.8.